The number of thioether (sulfide) groups is 1. The third kappa shape index (κ3) is 2.95. The zero-order valence-electron chi connectivity index (χ0n) is 11.1. The number of aryl methyl sites for hydroxylation is 1. The molecule has 19 heavy (non-hydrogen) atoms. The van der Waals surface area contributed by atoms with E-state index in [0.717, 1.165) is 25.9 Å². The highest BCUT2D eigenvalue weighted by Gasteiger charge is 2.28. The number of rotatable bonds is 3. The molecular formula is C15H19NO2S. The number of ether oxygens (including phenoxy) is 1. The van der Waals surface area contributed by atoms with Crippen LogP contribution in [0.2, 0.25) is 0 Å². The van der Waals surface area contributed by atoms with Gasteiger partial charge in [-0.25, -0.2) is 0 Å². The summed E-state index contributed by atoms with van der Waals surface area (Å²) in [5.41, 5.74) is 2.56. The Balaban J connectivity index is 1.55. The Morgan fingerprint density at radius 3 is 3.21 bits per heavy atom. The van der Waals surface area contributed by atoms with Crippen molar-refractivity contribution in [2.45, 2.75) is 42.4 Å². The summed E-state index contributed by atoms with van der Waals surface area (Å²) in [5.74, 6) is 0.148. The first-order chi connectivity index (χ1) is 9.22. The zero-order valence-corrected chi connectivity index (χ0v) is 12.0. The van der Waals surface area contributed by atoms with Gasteiger partial charge in [0.05, 0.1) is 11.4 Å². The molecule has 0 aromatic heterocycles. The molecule has 2 atom stereocenters. The van der Waals surface area contributed by atoms with Gasteiger partial charge in [-0.1, -0.05) is 17.7 Å². The standard InChI is InChI=1S/C15H19NO2S/c1-10-4-5-11-8-14(19-13(11)7-10)15(17)16-9-12-3-2-6-18-12/h4-5,7,12,14H,2-3,6,8-9H2,1H3,(H,16,17)/t12-,14+/m0/s1. The number of fused-ring (bicyclic) bond motifs is 1. The number of carbonyl (C=O) groups is 1. The van der Waals surface area contributed by atoms with Crippen molar-refractivity contribution in [3.8, 4) is 0 Å². The fourth-order valence-corrected chi connectivity index (χ4v) is 3.93. The van der Waals surface area contributed by atoms with Crippen LogP contribution in [-0.4, -0.2) is 30.4 Å². The van der Waals surface area contributed by atoms with Gasteiger partial charge in [0.2, 0.25) is 5.91 Å². The molecule has 1 amide bonds. The molecule has 1 aromatic carbocycles. The molecule has 102 valence electrons. The highest BCUT2D eigenvalue weighted by atomic mass is 32.2. The van der Waals surface area contributed by atoms with E-state index < -0.39 is 0 Å². The van der Waals surface area contributed by atoms with Crippen molar-refractivity contribution in [1.29, 1.82) is 0 Å². The Morgan fingerprint density at radius 2 is 2.42 bits per heavy atom. The molecule has 2 aliphatic heterocycles. The van der Waals surface area contributed by atoms with Crippen LogP contribution in [-0.2, 0) is 16.0 Å². The van der Waals surface area contributed by atoms with Crippen molar-refractivity contribution < 1.29 is 9.53 Å². The van der Waals surface area contributed by atoms with Crippen molar-refractivity contribution in [2.75, 3.05) is 13.2 Å². The maximum atomic E-state index is 12.2. The van der Waals surface area contributed by atoms with E-state index >= 15 is 0 Å². The van der Waals surface area contributed by atoms with Gasteiger partial charge >= 0.3 is 0 Å². The van der Waals surface area contributed by atoms with Crippen LogP contribution < -0.4 is 5.32 Å². The molecule has 2 heterocycles. The molecule has 3 rings (SSSR count). The second-order valence-electron chi connectivity index (χ2n) is 5.30. The third-order valence-electron chi connectivity index (χ3n) is 3.72. The van der Waals surface area contributed by atoms with E-state index in [1.165, 1.54) is 16.0 Å². The van der Waals surface area contributed by atoms with Crippen LogP contribution >= 0.6 is 11.8 Å². The summed E-state index contributed by atoms with van der Waals surface area (Å²) in [7, 11) is 0. The average molecular weight is 277 g/mol. The summed E-state index contributed by atoms with van der Waals surface area (Å²) in [6.07, 6.45) is 3.25. The van der Waals surface area contributed by atoms with Crippen LogP contribution in [0, 0.1) is 6.92 Å². The molecule has 1 fully saturated rings. The molecule has 0 radical (unpaired) electrons. The number of amides is 1. The lowest BCUT2D eigenvalue weighted by atomic mass is 10.1. The third-order valence-corrected chi connectivity index (χ3v) is 5.02. The fourth-order valence-electron chi connectivity index (χ4n) is 2.61. The molecule has 4 heteroatoms. The van der Waals surface area contributed by atoms with E-state index in [2.05, 4.69) is 30.4 Å². The molecule has 1 N–H and O–H groups in total. The lowest BCUT2D eigenvalue weighted by Crippen LogP contribution is -2.37. The summed E-state index contributed by atoms with van der Waals surface area (Å²) >= 11 is 1.69. The van der Waals surface area contributed by atoms with E-state index in [1.807, 2.05) is 0 Å². The van der Waals surface area contributed by atoms with E-state index in [9.17, 15) is 4.79 Å². The van der Waals surface area contributed by atoms with Gasteiger partial charge < -0.3 is 10.1 Å². The molecule has 0 aliphatic carbocycles. The first-order valence-electron chi connectivity index (χ1n) is 6.88. The molecule has 0 saturated carbocycles. The maximum Gasteiger partial charge on any atom is 0.233 e. The molecule has 0 spiro atoms. The van der Waals surface area contributed by atoms with Crippen LogP contribution in [0.15, 0.2) is 23.1 Å². The Bertz CT molecular complexity index is 483. The van der Waals surface area contributed by atoms with Crippen molar-refractivity contribution >= 4 is 17.7 Å². The van der Waals surface area contributed by atoms with Gasteiger partial charge in [-0.15, -0.1) is 11.8 Å². The number of hydrogen-bond donors (Lipinski definition) is 1. The average Bonchev–Trinajstić information content (AvgIpc) is 3.04. The van der Waals surface area contributed by atoms with E-state index in [-0.39, 0.29) is 17.3 Å². The lowest BCUT2D eigenvalue weighted by Gasteiger charge is -2.13. The van der Waals surface area contributed by atoms with Crippen LogP contribution in [0.5, 0.6) is 0 Å². The number of carbonyl (C=O) groups excluding carboxylic acids is 1. The molecule has 1 saturated heterocycles. The van der Waals surface area contributed by atoms with Gasteiger partial charge in [-0.2, -0.15) is 0 Å². The Morgan fingerprint density at radius 1 is 1.53 bits per heavy atom. The molecule has 2 aliphatic rings. The second-order valence-corrected chi connectivity index (χ2v) is 6.55. The molecule has 3 nitrogen and oxygen atoms in total. The Hall–Kier alpha value is -1.00. The van der Waals surface area contributed by atoms with Crippen molar-refractivity contribution in [3.63, 3.8) is 0 Å². The minimum atomic E-state index is 0.0261. The highest BCUT2D eigenvalue weighted by Crippen LogP contribution is 2.37. The van der Waals surface area contributed by atoms with Crippen molar-refractivity contribution in [1.82, 2.24) is 5.32 Å². The molecular weight excluding hydrogens is 258 g/mol. The van der Waals surface area contributed by atoms with Gasteiger partial charge in [0.1, 0.15) is 0 Å². The molecule has 1 aromatic rings. The summed E-state index contributed by atoms with van der Waals surface area (Å²) in [5, 5.41) is 3.06. The van der Waals surface area contributed by atoms with Crippen LogP contribution in [0.1, 0.15) is 24.0 Å². The van der Waals surface area contributed by atoms with Crippen molar-refractivity contribution in [2.24, 2.45) is 0 Å². The quantitative estimate of drug-likeness (QED) is 0.921. The van der Waals surface area contributed by atoms with E-state index in [4.69, 9.17) is 4.74 Å². The van der Waals surface area contributed by atoms with Crippen LogP contribution in [0.25, 0.3) is 0 Å². The van der Waals surface area contributed by atoms with E-state index in [1.54, 1.807) is 11.8 Å². The summed E-state index contributed by atoms with van der Waals surface area (Å²) in [4.78, 5) is 13.4. The van der Waals surface area contributed by atoms with Gasteiger partial charge in [-0.05, 0) is 37.8 Å². The predicted octanol–water partition coefficient (Wildman–Crippen LogP) is 2.31. The van der Waals surface area contributed by atoms with Crippen LogP contribution in [0.4, 0.5) is 0 Å². The van der Waals surface area contributed by atoms with Gasteiger partial charge in [0, 0.05) is 18.0 Å². The largest absolute Gasteiger partial charge is 0.376 e. The first-order valence-corrected chi connectivity index (χ1v) is 7.76. The minimum Gasteiger partial charge on any atom is -0.376 e. The van der Waals surface area contributed by atoms with Crippen molar-refractivity contribution in [3.05, 3.63) is 29.3 Å². The van der Waals surface area contributed by atoms with Gasteiger partial charge in [-0.3, -0.25) is 4.79 Å². The van der Waals surface area contributed by atoms with E-state index in [0.29, 0.717) is 6.54 Å². The number of nitrogens with one attached hydrogen (secondary N) is 1. The summed E-state index contributed by atoms with van der Waals surface area (Å²) in [6.45, 7) is 3.58. The molecule has 0 bridgehead atoms. The van der Waals surface area contributed by atoms with Crippen LogP contribution in [0.3, 0.4) is 0 Å². The predicted molar refractivity (Wildman–Crippen MR) is 76.5 cm³/mol. The summed E-state index contributed by atoms with van der Waals surface area (Å²) < 4.78 is 5.52. The zero-order chi connectivity index (χ0) is 13.2. The van der Waals surface area contributed by atoms with Gasteiger partial charge in [0.15, 0.2) is 0 Å². The Kier molecular flexibility index (Phi) is 3.80. The topological polar surface area (TPSA) is 38.3 Å². The Labute approximate surface area is 118 Å². The first kappa shape index (κ1) is 13.0. The SMILES string of the molecule is Cc1ccc2c(c1)S[C@@H](C(=O)NC[C@@H]1CCCO1)C2. The number of benzene rings is 1. The maximum absolute atomic E-state index is 12.2. The fraction of sp³-hybridized carbons (Fsp3) is 0.533. The minimum absolute atomic E-state index is 0.0261. The van der Waals surface area contributed by atoms with Gasteiger partial charge in [0.25, 0.3) is 0 Å². The second kappa shape index (κ2) is 5.55. The molecule has 0 unspecified atom stereocenters. The smallest absolute Gasteiger partial charge is 0.233 e. The normalized spacial score (nSPS) is 25.3. The highest BCUT2D eigenvalue weighted by molar-refractivity contribution is 8.01. The number of hydrogen-bond acceptors (Lipinski definition) is 3. The monoisotopic (exact) mass is 277 g/mol. The lowest BCUT2D eigenvalue weighted by molar-refractivity contribution is -0.121. The summed E-state index contributed by atoms with van der Waals surface area (Å²) in [6, 6.07) is 6.43.